The Kier molecular flexibility index (Phi) is 12.8. The van der Waals surface area contributed by atoms with Crippen molar-refractivity contribution in [3.63, 3.8) is 0 Å². The molecular formula is C19H31IN4O4. The van der Waals surface area contributed by atoms with Gasteiger partial charge in [0, 0.05) is 45.0 Å². The van der Waals surface area contributed by atoms with E-state index in [2.05, 4.69) is 15.6 Å². The molecule has 1 aliphatic heterocycles. The molecule has 8 nitrogen and oxygen atoms in total. The van der Waals surface area contributed by atoms with Gasteiger partial charge in [-0.3, -0.25) is 10.1 Å². The van der Waals surface area contributed by atoms with Crippen molar-refractivity contribution in [1.29, 1.82) is 0 Å². The molecule has 0 amide bonds. The lowest BCUT2D eigenvalue weighted by Crippen LogP contribution is -2.43. The first-order chi connectivity index (χ1) is 13.2. The lowest BCUT2D eigenvalue weighted by molar-refractivity contribution is -0.384. The number of benzene rings is 1. The van der Waals surface area contributed by atoms with Crippen LogP contribution < -0.4 is 10.6 Å². The number of nitro benzene ring substituents is 1. The summed E-state index contributed by atoms with van der Waals surface area (Å²) in [5.74, 6) is 0.721. The lowest BCUT2D eigenvalue weighted by atomic mass is 10.1. The van der Waals surface area contributed by atoms with Crippen LogP contribution in [0.5, 0.6) is 0 Å². The number of non-ortho nitro benzene ring substituents is 1. The van der Waals surface area contributed by atoms with Gasteiger partial charge in [-0.1, -0.05) is 12.1 Å². The van der Waals surface area contributed by atoms with Crippen LogP contribution in [0.25, 0.3) is 0 Å². The predicted molar refractivity (Wildman–Crippen MR) is 120 cm³/mol. The number of aliphatic imine (C=N–C) groups is 1. The Labute approximate surface area is 183 Å². The van der Waals surface area contributed by atoms with Crippen LogP contribution in [0.15, 0.2) is 29.3 Å². The summed E-state index contributed by atoms with van der Waals surface area (Å²) in [6.07, 6.45) is 4.50. The second kappa shape index (κ2) is 14.5. The van der Waals surface area contributed by atoms with E-state index in [0.717, 1.165) is 57.1 Å². The fraction of sp³-hybridized carbons (Fsp3) is 0.632. The molecule has 28 heavy (non-hydrogen) atoms. The highest BCUT2D eigenvalue weighted by Gasteiger charge is 2.14. The summed E-state index contributed by atoms with van der Waals surface area (Å²) in [5, 5.41) is 17.4. The molecule has 2 rings (SSSR count). The van der Waals surface area contributed by atoms with E-state index in [9.17, 15) is 10.1 Å². The Hall–Kier alpha value is -1.46. The van der Waals surface area contributed by atoms with Gasteiger partial charge in [0.05, 0.1) is 17.6 Å². The molecule has 0 aliphatic carbocycles. The topological polar surface area (TPSA) is 98.0 Å². The van der Waals surface area contributed by atoms with E-state index in [0.29, 0.717) is 13.2 Å². The van der Waals surface area contributed by atoms with Gasteiger partial charge in [0.25, 0.3) is 5.69 Å². The fourth-order valence-electron chi connectivity index (χ4n) is 2.77. The van der Waals surface area contributed by atoms with Gasteiger partial charge in [-0.25, -0.2) is 4.99 Å². The summed E-state index contributed by atoms with van der Waals surface area (Å²) >= 11 is 0. The summed E-state index contributed by atoms with van der Waals surface area (Å²) in [6, 6.07) is 6.48. The molecule has 1 aromatic carbocycles. The second-order valence-electron chi connectivity index (χ2n) is 6.44. The molecule has 0 radical (unpaired) electrons. The molecule has 0 spiro atoms. The van der Waals surface area contributed by atoms with Gasteiger partial charge >= 0.3 is 0 Å². The van der Waals surface area contributed by atoms with Crippen LogP contribution in [-0.2, 0) is 16.0 Å². The largest absolute Gasteiger partial charge is 0.382 e. The molecule has 2 N–H and O–H groups in total. The van der Waals surface area contributed by atoms with Crippen molar-refractivity contribution in [2.75, 3.05) is 32.9 Å². The van der Waals surface area contributed by atoms with E-state index in [1.54, 1.807) is 12.1 Å². The zero-order chi connectivity index (χ0) is 19.3. The number of halogens is 1. The van der Waals surface area contributed by atoms with E-state index in [4.69, 9.17) is 9.47 Å². The summed E-state index contributed by atoms with van der Waals surface area (Å²) in [6.45, 7) is 6.17. The third kappa shape index (κ3) is 9.65. The predicted octanol–water partition coefficient (Wildman–Crippen LogP) is 3.24. The molecule has 0 bridgehead atoms. The second-order valence-corrected chi connectivity index (χ2v) is 6.44. The molecule has 1 heterocycles. The molecule has 1 unspecified atom stereocenters. The van der Waals surface area contributed by atoms with Crippen LogP contribution in [0.3, 0.4) is 0 Å². The number of hydrogen-bond acceptors (Lipinski definition) is 5. The smallest absolute Gasteiger partial charge is 0.269 e. The standard InChI is InChI=1S/C19H30N4O4.HI/c1-2-26-12-5-11-20-19(22-15-18-6-3-4-13-27-18)21-14-16-7-9-17(10-8-16)23(24)25;/h7-10,18H,2-6,11-15H2,1H3,(H2,20,21,22);1H. The molecule has 1 fully saturated rings. The minimum Gasteiger partial charge on any atom is -0.382 e. The SMILES string of the molecule is CCOCCCNC(=NCc1ccc([N+](=O)[O-])cc1)NCC1CCCCO1.I. The van der Waals surface area contributed by atoms with Gasteiger partial charge in [0.2, 0.25) is 0 Å². The maximum atomic E-state index is 10.7. The van der Waals surface area contributed by atoms with Crippen LogP contribution in [-0.4, -0.2) is 49.9 Å². The van der Waals surface area contributed by atoms with E-state index < -0.39 is 4.92 Å². The van der Waals surface area contributed by atoms with Crippen molar-refractivity contribution in [3.8, 4) is 0 Å². The van der Waals surface area contributed by atoms with Crippen LogP contribution in [0, 0.1) is 10.1 Å². The van der Waals surface area contributed by atoms with Crippen molar-refractivity contribution in [1.82, 2.24) is 10.6 Å². The summed E-state index contributed by atoms with van der Waals surface area (Å²) in [7, 11) is 0. The van der Waals surface area contributed by atoms with Gasteiger partial charge < -0.3 is 20.1 Å². The third-order valence-corrected chi connectivity index (χ3v) is 4.30. The van der Waals surface area contributed by atoms with Crippen molar-refractivity contribution in [2.45, 2.75) is 45.3 Å². The minimum atomic E-state index is -0.399. The lowest BCUT2D eigenvalue weighted by Gasteiger charge is -2.24. The van der Waals surface area contributed by atoms with E-state index in [-0.39, 0.29) is 35.8 Å². The Morgan fingerprint density at radius 3 is 2.75 bits per heavy atom. The number of rotatable bonds is 10. The summed E-state index contributed by atoms with van der Waals surface area (Å²) in [5.41, 5.74) is 1.01. The monoisotopic (exact) mass is 506 g/mol. The Morgan fingerprint density at radius 1 is 1.32 bits per heavy atom. The molecule has 1 aliphatic rings. The number of nitrogens with zero attached hydrogens (tertiary/aromatic N) is 2. The molecule has 9 heteroatoms. The average Bonchev–Trinajstić information content (AvgIpc) is 2.70. The van der Waals surface area contributed by atoms with Gasteiger partial charge in [-0.15, -0.1) is 24.0 Å². The van der Waals surface area contributed by atoms with Crippen LogP contribution >= 0.6 is 24.0 Å². The quantitative estimate of drug-likeness (QED) is 0.126. The average molecular weight is 506 g/mol. The molecule has 1 atom stereocenters. The van der Waals surface area contributed by atoms with Crippen molar-refractivity contribution < 1.29 is 14.4 Å². The van der Waals surface area contributed by atoms with Crippen LogP contribution in [0.2, 0.25) is 0 Å². The number of nitro groups is 1. The van der Waals surface area contributed by atoms with E-state index >= 15 is 0 Å². The maximum absolute atomic E-state index is 10.7. The highest BCUT2D eigenvalue weighted by molar-refractivity contribution is 14.0. The third-order valence-electron chi connectivity index (χ3n) is 4.30. The minimum absolute atomic E-state index is 0. The first kappa shape index (κ1) is 24.6. The zero-order valence-electron chi connectivity index (χ0n) is 16.4. The van der Waals surface area contributed by atoms with Crippen molar-refractivity contribution >= 4 is 35.6 Å². The highest BCUT2D eigenvalue weighted by atomic mass is 127. The first-order valence-corrected chi connectivity index (χ1v) is 9.64. The Morgan fingerprint density at radius 2 is 2.11 bits per heavy atom. The van der Waals surface area contributed by atoms with Crippen molar-refractivity contribution in [2.24, 2.45) is 4.99 Å². The summed E-state index contributed by atoms with van der Waals surface area (Å²) in [4.78, 5) is 14.9. The molecule has 0 aromatic heterocycles. The van der Waals surface area contributed by atoms with Gasteiger partial charge in [-0.05, 0) is 38.2 Å². The number of guanidine groups is 1. The summed E-state index contributed by atoms with van der Waals surface area (Å²) < 4.78 is 11.1. The van der Waals surface area contributed by atoms with E-state index in [1.807, 2.05) is 6.92 Å². The van der Waals surface area contributed by atoms with Crippen LogP contribution in [0.1, 0.15) is 38.2 Å². The normalized spacial score (nSPS) is 16.9. The molecule has 1 aromatic rings. The Balaban J connectivity index is 0.00000392. The number of ether oxygens (including phenoxy) is 2. The number of hydrogen-bond donors (Lipinski definition) is 2. The molecular weight excluding hydrogens is 475 g/mol. The number of nitrogens with one attached hydrogen (secondary N) is 2. The zero-order valence-corrected chi connectivity index (χ0v) is 18.7. The molecule has 0 saturated carbocycles. The Bertz CT molecular complexity index is 592. The van der Waals surface area contributed by atoms with Crippen LogP contribution in [0.4, 0.5) is 5.69 Å². The molecule has 158 valence electrons. The fourth-order valence-corrected chi connectivity index (χ4v) is 2.77. The van der Waals surface area contributed by atoms with Gasteiger partial charge in [0.15, 0.2) is 5.96 Å². The van der Waals surface area contributed by atoms with E-state index in [1.165, 1.54) is 18.6 Å². The molecule has 1 saturated heterocycles. The maximum Gasteiger partial charge on any atom is 0.269 e. The van der Waals surface area contributed by atoms with Gasteiger partial charge in [0.1, 0.15) is 0 Å². The first-order valence-electron chi connectivity index (χ1n) is 9.64. The van der Waals surface area contributed by atoms with Crippen molar-refractivity contribution in [3.05, 3.63) is 39.9 Å². The highest BCUT2D eigenvalue weighted by Crippen LogP contribution is 2.13. The van der Waals surface area contributed by atoms with Gasteiger partial charge in [-0.2, -0.15) is 0 Å².